The van der Waals surface area contributed by atoms with E-state index >= 15 is 0 Å². The molecular formula is C15H14N2O. The Morgan fingerprint density at radius 2 is 2.06 bits per heavy atom. The Balaban J connectivity index is 2.18. The normalized spacial score (nSPS) is 12.8. The molecule has 3 heteroatoms. The first-order valence-corrected chi connectivity index (χ1v) is 5.90. The van der Waals surface area contributed by atoms with Gasteiger partial charge in [-0.25, -0.2) is 0 Å². The van der Waals surface area contributed by atoms with Gasteiger partial charge in [0.2, 0.25) is 0 Å². The third-order valence-corrected chi connectivity index (χ3v) is 3.20. The third kappa shape index (κ3) is 1.69. The van der Waals surface area contributed by atoms with Crippen molar-refractivity contribution in [2.24, 2.45) is 5.73 Å². The fourth-order valence-corrected chi connectivity index (χ4v) is 2.24. The van der Waals surface area contributed by atoms with Gasteiger partial charge in [-0.3, -0.25) is 4.98 Å². The molecule has 90 valence electrons. The molecular weight excluding hydrogens is 224 g/mol. The van der Waals surface area contributed by atoms with Crippen molar-refractivity contribution in [3.8, 4) is 0 Å². The summed E-state index contributed by atoms with van der Waals surface area (Å²) in [6.45, 7) is 2.00. The Hall–Kier alpha value is -2.13. The van der Waals surface area contributed by atoms with Crippen molar-refractivity contribution in [1.82, 2.24) is 4.98 Å². The highest BCUT2D eigenvalue weighted by Crippen LogP contribution is 2.28. The van der Waals surface area contributed by atoms with Gasteiger partial charge < -0.3 is 10.2 Å². The summed E-state index contributed by atoms with van der Waals surface area (Å²) < 4.78 is 5.48. The Morgan fingerprint density at radius 3 is 2.83 bits per heavy atom. The molecule has 1 aromatic carbocycles. The van der Waals surface area contributed by atoms with Crippen molar-refractivity contribution in [2.75, 3.05) is 0 Å². The maximum atomic E-state index is 6.31. The first-order valence-electron chi connectivity index (χ1n) is 5.90. The molecule has 1 atom stereocenters. The molecule has 0 saturated carbocycles. The summed E-state index contributed by atoms with van der Waals surface area (Å²) in [4.78, 5) is 4.34. The number of nitrogens with zero attached hydrogens (tertiary/aromatic N) is 1. The van der Waals surface area contributed by atoms with Gasteiger partial charge in [0.1, 0.15) is 5.76 Å². The quantitative estimate of drug-likeness (QED) is 0.746. The van der Waals surface area contributed by atoms with E-state index < -0.39 is 0 Å². The van der Waals surface area contributed by atoms with Gasteiger partial charge in [0, 0.05) is 11.6 Å². The van der Waals surface area contributed by atoms with Crippen LogP contribution in [0, 0.1) is 6.92 Å². The zero-order valence-corrected chi connectivity index (χ0v) is 10.1. The Labute approximate surface area is 105 Å². The van der Waals surface area contributed by atoms with Gasteiger partial charge in [-0.05, 0) is 36.2 Å². The van der Waals surface area contributed by atoms with Crippen molar-refractivity contribution < 1.29 is 4.42 Å². The Kier molecular flexibility index (Phi) is 2.61. The van der Waals surface area contributed by atoms with Crippen LogP contribution in [-0.2, 0) is 0 Å². The number of hydrogen-bond donors (Lipinski definition) is 1. The summed E-state index contributed by atoms with van der Waals surface area (Å²) in [5, 5.41) is 1.07. The number of nitrogens with two attached hydrogens (primary N) is 1. The van der Waals surface area contributed by atoms with Crippen LogP contribution >= 0.6 is 0 Å². The number of aromatic nitrogens is 1. The second kappa shape index (κ2) is 4.27. The molecule has 1 unspecified atom stereocenters. The molecule has 0 radical (unpaired) electrons. The predicted molar refractivity (Wildman–Crippen MR) is 71.2 cm³/mol. The third-order valence-electron chi connectivity index (χ3n) is 3.20. The van der Waals surface area contributed by atoms with Gasteiger partial charge in [0.15, 0.2) is 0 Å². The van der Waals surface area contributed by atoms with E-state index in [-0.39, 0.29) is 6.04 Å². The molecule has 0 saturated heterocycles. The van der Waals surface area contributed by atoms with Crippen molar-refractivity contribution in [2.45, 2.75) is 13.0 Å². The maximum absolute atomic E-state index is 6.31. The highest BCUT2D eigenvalue weighted by atomic mass is 16.3. The van der Waals surface area contributed by atoms with Gasteiger partial charge in [-0.15, -0.1) is 0 Å². The van der Waals surface area contributed by atoms with E-state index in [1.165, 1.54) is 0 Å². The minimum atomic E-state index is -0.257. The lowest BCUT2D eigenvalue weighted by atomic mass is 9.98. The number of benzene rings is 1. The fraction of sp³-hybridized carbons (Fsp3) is 0.133. The molecule has 2 N–H and O–H groups in total. The molecule has 2 aromatic heterocycles. The van der Waals surface area contributed by atoms with Crippen molar-refractivity contribution in [3.05, 3.63) is 65.7 Å². The summed E-state index contributed by atoms with van der Waals surface area (Å²) in [5.74, 6) is 0.811. The van der Waals surface area contributed by atoms with Gasteiger partial charge >= 0.3 is 0 Å². The number of furan rings is 1. The van der Waals surface area contributed by atoms with Crippen LogP contribution in [0.3, 0.4) is 0 Å². The van der Waals surface area contributed by atoms with E-state index in [0.29, 0.717) is 0 Å². The average molecular weight is 238 g/mol. The molecule has 0 aliphatic rings. The van der Waals surface area contributed by atoms with Crippen LogP contribution in [0.1, 0.15) is 22.9 Å². The number of hydrogen-bond acceptors (Lipinski definition) is 3. The molecule has 18 heavy (non-hydrogen) atoms. The lowest BCUT2D eigenvalue weighted by Crippen LogP contribution is -2.12. The van der Waals surface area contributed by atoms with Gasteiger partial charge in [0.25, 0.3) is 0 Å². The largest absolute Gasteiger partial charge is 0.467 e. The molecule has 2 heterocycles. The standard InChI is InChI=1S/C15H14N2O/c1-10-7-9-18-15(10)14(16)12-4-2-6-13-11(12)5-3-8-17-13/h2-9,14H,16H2,1H3. The molecule has 0 aliphatic heterocycles. The van der Waals surface area contributed by atoms with Crippen LogP contribution in [0.5, 0.6) is 0 Å². The molecule has 0 fully saturated rings. The van der Waals surface area contributed by atoms with E-state index in [0.717, 1.165) is 27.8 Å². The van der Waals surface area contributed by atoms with Gasteiger partial charge in [-0.2, -0.15) is 0 Å². The smallest absolute Gasteiger partial charge is 0.127 e. The fourth-order valence-electron chi connectivity index (χ4n) is 2.24. The lowest BCUT2D eigenvalue weighted by molar-refractivity contribution is 0.487. The van der Waals surface area contributed by atoms with Crippen LogP contribution < -0.4 is 5.73 Å². The Bertz CT molecular complexity index is 682. The van der Waals surface area contributed by atoms with Crippen molar-refractivity contribution >= 4 is 10.9 Å². The summed E-state index contributed by atoms with van der Waals surface area (Å²) in [6.07, 6.45) is 3.46. The second-order valence-electron chi connectivity index (χ2n) is 4.36. The summed E-state index contributed by atoms with van der Waals surface area (Å²) in [5.41, 5.74) is 9.37. The number of pyridine rings is 1. The van der Waals surface area contributed by atoms with Crippen LogP contribution in [0.25, 0.3) is 10.9 Å². The van der Waals surface area contributed by atoms with E-state index in [4.69, 9.17) is 10.2 Å². The minimum Gasteiger partial charge on any atom is -0.467 e. The van der Waals surface area contributed by atoms with E-state index in [1.54, 1.807) is 12.5 Å². The summed E-state index contributed by atoms with van der Waals surface area (Å²) in [7, 11) is 0. The lowest BCUT2D eigenvalue weighted by Gasteiger charge is -2.13. The van der Waals surface area contributed by atoms with Crippen LogP contribution in [0.15, 0.2) is 53.3 Å². The average Bonchev–Trinajstić information content (AvgIpc) is 2.83. The molecule has 3 rings (SSSR count). The molecule has 3 aromatic rings. The molecule has 0 amide bonds. The monoisotopic (exact) mass is 238 g/mol. The van der Waals surface area contributed by atoms with E-state index in [9.17, 15) is 0 Å². The van der Waals surface area contributed by atoms with Crippen LogP contribution in [0.4, 0.5) is 0 Å². The van der Waals surface area contributed by atoms with E-state index in [1.807, 2.05) is 43.3 Å². The minimum absolute atomic E-state index is 0.257. The summed E-state index contributed by atoms with van der Waals surface area (Å²) in [6, 6.07) is 11.6. The number of fused-ring (bicyclic) bond motifs is 1. The molecule has 0 aliphatic carbocycles. The van der Waals surface area contributed by atoms with Crippen molar-refractivity contribution in [1.29, 1.82) is 0 Å². The first-order chi connectivity index (χ1) is 8.77. The molecule has 0 bridgehead atoms. The topological polar surface area (TPSA) is 52.0 Å². The highest BCUT2D eigenvalue weighted by molar-refractivity contribution is 5.82. The Morgan fingerprint density at radius 1 is 1.17 bits per heavy atom. The highest BCUT2D eigenvalue weighted by Gasteiger charge is 2.16. The summed E-state index contributed by atoms with van der Waals surface area (Å²) >= 11 is 0. The van der Waals surface area contributed by atoms with E-state index in [2.05, 4.69) is 4.98 Å². The predicted octanol–water partition coefficient (Wildman–Crippen LogP) is 3.18. The SMILES string of the molecule is Cc1ccoc1C(N)c1cccc2ncccc12. The number of rotatable bonds is 2. The van der Waals surface area contributed by atoms with Gasteiger partial charge in [-0.1, -0.05) is 18.2 Å². The second-order valence-corrected chi connectivity index (χ2v) is 4.36. The first kappa shape index (κ1) is 11.0. The maximum Gasteiger partial charge on any atom is 0.127 e. The zero-order chi connectivity index (χ0) is 12.5. The van der Waals surface area contributed by atoms with Crippen LogP contribution in [0.2, 0.25) is 0 Å². The zero-order valence-electron chi connectivity index (χ0n) is 10.1. The molecule has 3 nitrogen and oxygen atoms in total. The van der Waals surface area contributed by atoms with Crippen molar-refractivity contribution in [3.63, 3.8) is 0 Å². The van der Waals surface area contributed by atoms with Crippen LogP contribution in [-0.4, -0.2) is 4.98 Å². The molecule has 0 spiro atoms. The number of aryl methyl sites for hydroxylation is 1. The van der Waals surface area contributed by atoms with Gasteiger partial charge in [0.05, 0.1) is 17.8 Å².